The van der Waals surface area contributed by atoms with Crippen LogP contribution in [0.1, 0.15) is 219 Å². The molecule has 0 saturated heterocycles. The molecule has 0 radical (unpaired) electrons. The lowest BCUT2D eigenvalue weighted by Crippen LogP contribution is -2.48. The lowest BCUT2D eigenvalue weighted by molar-refractivity contribution is -0.131. The average molecular weight is 730 g/mol. The Balaban J connectivity index is 3.54. The van der Waals surface area contributed by atoms with Crippen LogP contribution in [-0.4, -0.2) is 46.1 Å². The molecule has 1 amide bonds. The number of carbonyl (C=O) groups excluding carboxylic acids is 1. The summed E-state index contributed by atoms with van der Waals surface area (Å²) in [7, 11) is 0. The number of hydrogen-bond donors (Lipinski definition) is 4. The van der Waals surface area contributed by atoms with Crippen molar-refractivity contribution >= 4 is 5.91 Å². The SMILES string of the molecule is C/C=C/CC/C=C/CC/C=C/C(O)C(CO)NC(=O)C(O)CCCCCCCCCCCCCCC/C=C\CCCCCCCCCCCCCC. The first-order chi connectivity index (χ1) is 25.6. The van der Waals surface area contributed by atoms with E-state index in [9.17, 15) is 20.1 Å². The lowest BCUT2D eigenvalue weighted by Gasteiger charge is -2.21. The normalized spacial score (nSPS) is 14.0. The van der Waals surface area contributed by atoms with Gasteiger partial charge < -0.3 is 20.6 Å². The summed E-state index contributed by atoms with van der Waals surface area (Å²) in [6.45, 7) is 3.93. The van der Waals surface area contributed by atoms with Gasteiger partial charge in [0.2, 0.25) is 5.91 Å². The lowest BCUT2D eigenvalue weighted by atomic mass is 10.0. The van der Waals surface area contributed by atoms with Gasteiger partial charge in [-0.15, -0.1) is 0 Å². The van der Waals surface area contributed by atoms with Gasteiger partial charge in [0.15, 0.2) is 0 Å². The van der Waals surface area contributed by atoms with Crippen LogP contribution in [0.2, 0.25) is 0 Å². The smallest absolute Gasteiger partial charge is 0.249 e. The second-order valence-electron chi connectivity index (χ2n) is 15.3. The molecule has 0 aromatic rings. The molecule has 0 saturated carbocycles. The highest BCUT2D eigenvalue weighted by atomic mass is 16.3. The molecular weight excluding hydrogens is 643 g/mol. The van der Waals surface area contributed by atoms with Crippen molar-refractivity contribution in [1.82, 2.24) is 5.32 Å². The molecular formula is C47H87NO4. The van der Waals surface area contributed by atoms with Gasteiger partial charge in [-0.3, -0.25) is 4.79 Å². The molecule has 0 spiro atoms. The second-order valence-corrected chi connectivity index (χ2v) is 15.3. The van der Waals surface area contributed by atoms with Crippen LogP contribution in [-0.2, 0) is 4.79 Å². The maximum absolute atomic E-state index is 12.4. The molecule has 5 nitrogen and oxygen atoms in total. The van der Waals surface area contributed by atoms with Crippen LogP contribution in [0, 0.1) is 0 Å². The van der Waals surface area contributed by atoms with E-state index >= 15 is 0 Å². The molecule has 0 aliphatic heterocycles. The van der Waals surface area contributed by atoms with Gasteiger partial charge in [0.05, 0.1) is 18.8 Å². The van der Waals surface area contributed by atoms with Gasteiger partial charge in [-0.05, 0) is 64.7 Å². The summed E-state index contributed by atoms with van der Waals surface area (Å²) >= 11 is 0. The molecule has 3 atom stereocenters. The third kappa shape index (κ3) is 36.7. The number of nitrogens with one attached hydrogen (secondary N) is 1. The number of amides is 1. The van der Waals surface area contributed by atoms with E-state index in [2.05, 4.69) is 48.7 Å². The van der Waals surface area contributed by atoms with Crippen molar-refractivity contribution in [2.24, 2.45) is 0 Å². The monoisotopic (exact) mass is 730 g/mol. The van der Waals surface area contributed by atoms with E-state index < -0.39 is 24.2 Å². The van der Waals surface area contributed by atoms with E-state index in [0.717, 1.165) is 44.9 Å². The van der Waals surface area contributed by atoms with Crippen molar-refractivity contribution in [2.75, 3.05) is 6.61 Å². The van der Waals surface area contributed by atoms with E-state index in [1.54, 1.807) is 6.08 Å². The highest BCUT2D eigenvalue weighted by molar-refractivity contribution is 5.80. The number of aliphatic hydroxyl groups excluding tert-OH is 3. The number of carbonyl (C=O) groups is 1. The Bertz CT molecular complexity index is 850. The summed E-state index contributed by atoms with van der Waals surface area (Å²) in [6, 6.07) is -0.819. The van der Waals surface area contributed by atoms with Crippen molar-refractivity contribution in [3.63, 3.8) is 0 Å². The van der Waals surface area contributed by atoms with Crippen LogP contribution >= 0.6 is 0 Å². The quantitative estimate of drug-likeness (QED) is 0.0373. The van der Waals surface area contributed by atoms with E-state index in [1.807, 2.05) is 13.0 Å². The van der Waals surface area contributed by atoms with Gasteiger partial charge >= 0.3 is 0 Å². The summed E-state index contributed by atoms with van der Waals surface area (Å²) in [6.07, 6.45) is 54.8. The van der Waals surface area contributed by atoms with Gasteiger partial charge in [-0.2, -0.15) is 0 Å². The Labute approximate surface area is 323 Å². The zero-order chi connectivity index (χ0) is 38.0. The maximum Gasteiger partial charge on any atom is 0.249 e. The molecule has 0 aromatic heterocycles. The summed E-state index contributed by atoms with van der Waals surface area (Å²) < 4.78 is 0. The predicted molar refractivity (Wildman–Crippen MR) is 227 cm³/mol. The van der Waals surface area contributed by atoms with Gasteiger partial charge in [0.1, 0.15) is 6.10 Å². The van der Waals surface area contributed by atoms with Crippen LogP contribution < -0.4 is 5.32 Å². The first-order valence-corrected chi connectivity index (χ1v) is 22.4. The summed E-state index contributed by atoms with van der Waals surface area (Å²) in [5.41, 5.74) is 0. The standard InChI is InChI=1S/C47H87NO4/c1-3-5-7-9-11-13-14-15-16-17-18-19-20-21-22-23-24-25-26-27-28-29-30-31-32-34-36-38-40-42-46(51)47(52)48-44(43-49)45(50)41-39-37-35-33-12-10-8-6-4-2/h4,6,12,21-22,33,39,41,44-46,49-51H,3,5,7-11,13-20,23-32,34-38,40,42-43H2,1-2H3,(H,48,52)/b6-4+,22-21-,33-12+,41-39+. The molecule has 0 heterocycles. The fraction of sp³-hybridized carbons (Fsp3) is 0.809. The first kappa shape index (κ1) is 50.3. The Morgan fingerprint density at radius 3 is 1.29 bits per heavy atom. The van der Waals surface area contributed by atoms with Crippen LogP contribution in [0.3, 0.4) is 0 Å². The number of hydrogen-bond acceptors (Lipinski definition) is 4. The molecule has 4 N–H and O–H groups in total. The minimum absolute atomic E-state index is 0.383. The minimum Gasteiger partial charge on any atom is -0.394 e. The molecule has 52 heavy (non-hydrogen) atoms. The van der Waals surface area contributed by atoms with Gasteiger partial charge in [-0.25, -0.2) is 0 Å². The average Bonchev–Trinajstić information content (AvgIpc) is 3.15. The molecule has 0 rings (SSSR count). The third-order valence-electron chi connectivity index (χ3n) is 10.2. The molecule has 5 heteroatoms. The highest BCUT2D eigenvalue weighted by Crippen LogP contribution is 2.15. The Hall–Kier alpha value is -1.69. The molecule has 0 bridgehead atoms. The molecule has 0 fully saturated rings. The largest absolute Gasteiger partial charge is 0.394 e. The van der Waals surface area contributed by atoms with Gasteiger partial charge in [0.25, 0.3) is 0 Å². The Morgan fingerprint density at radius 1 is 0.500 bits per heavy atom. The van der Waals surface area contributed by atoms with Crippen LogP contribution in [0.25, 0.3) is 0 Å². The number of allylic oxidation sites excluding steroid dienone is 7. The van der Waals surface area contributed by atoms with Gasteiger partial charge in [-0.1, -0.05) is 203 Å². The molecule has 0 aliphatic carbocycles. The fourth-order valence-corrected chi connectivity index (χ4v) is 6.69. The van der Waals surface area contributed by atoms with Crippen LogP contribution in [0.15, 0.2) is 48.6 Å². The zero-order valence-corrected chi connectivity index (χ0v) is 34.4. The topological polar surface area (TPSA) is 89.8 Å². The maximum atomic E-state index is 12.4. The van der Waals surface area contributed by atoms with E-state index in [4.69, 9.17) is 0 Å². The van der Waals surface area contributed by atoms with Crippen LogP contribution in [0.4, 0.5) is 0 Å². The van der Waals surface area contributed by atoms with Crippen molar-refractivity contribution in [3.05, 3.63) is 48.6 Å². The Kier molecular flexibility index (Phi) is 40.7. The molecule has 0 aliphatic rings. The first-order valence-electron chi connectivity index (χ1n) is 22.4. The predicted octanol–water partition coefficient (Wildman–Crippen LogP) is 12.9. The van der Waals surface area contributed by atoms with Gasteiger partial charge in [0, 0.05) is 0 Å². The number of rotatable bonds is 40. The summed E-state index contributed by atoms with van der Waals surface area (Å²) in [4.78, 5) is 12.4. The number of unbranched alkanes of at least 4 members (excludes halogenated alkanes) is 27. The van der Waals surface area contributed by atoms with Crippen molar-refractivity contribution in [1.29, 1.82) is 0 Å². The minimum atomic E-state index is -1.11. The zero-order valence-electron chi connectivity index (χ0n) is 34.4. The van der Waals surface area contributed by atoms with E-state index in [0.29, 0.717) is 6.42 Å². The second kappa shape index (κ2) is 42.1. The van der Waals surface area contributed by atoms with Crippen molar-refractivity contribution < 1.29 is 20.1 Å². The highest BCUT2D eigenvalue weighted by Gasteiger charge is 2.22. The molecule has 3 unspecified atom stereocenters. The summed E-state index contributed by atoms with van der Waals surface area (Å²) in [5.74, 6) is -0.521. The molecule has 304 valence electrons. The third-order valence-corrected chi connectivity index (χ3v) is 10.2. The molecule has 0 aromatic carbocycles. The number of aliphatic hydroxyl groups is 3. The van der Waals surface area contributed by atoms with Crippen molar-refractivity contribution in [3.8, 4) is 0 Å². The fourth-order valence-electron chi connectivity index (χ4n) is 6.69. The van der Waals surface area contributed by atoms with Crippen molar-refractivity contribution in [2.45, 2.75) is 238 Å². The summed E-state index contributed by atoms with van der Waals surface area (Å²) in [5, 5.41) is 32.9. The van der Waals surface area contributed by atoms with E-state index in [1.165, 1.54) is 154 Å². The van der Waals surface area contributed by atoms with Crippen LogP contribution in [0.5, 0.6) is 0 Å². The Morgan fingerprint density at radius 2 is 0.865 bits per heavy atom. The van der Waals surface area contributed by atoms with E-state index in [-0.39, 0.29) is 6.61 Å².